The lowest BCUT2D eigenvalue weighted by atomic mass is 10.2. The molecule has 190 valence electrons. The Morgan fingerprint density at radius 3 is 2.73 bits per heavy atom. The van der Waals surface area contributed by atoms with Crippen LogP contribution in [0.4, 0.5) is 28.7 Å². The Kier molecular flexibility index (Phi) is 6.60. The van der Waals surface area contributed by atoms with Crippen LogP contribution in [0.2, 0.25) is 5.02 Å². The number of ether oxygens (including phenoxy) is 2. The highest BCUT2D eigenvalue weighted by Crippen LogP contribution is 2.36. The lowest BCUT2D eigenvalue weighted by Crippen LogP contribution is -2.23. The molecule has 1 fully saturated rings. The van der Waals surface area contributed by atoms with E-state index in [1.807, 2.05) is 6.07 Å². The van der Waals surface area contributed by atoms with Gasteiger partial charge in [0.2, 0.25) is 0 Å². The van der Waals surface area contributed by atoms with E-state index in [0.717, 1.165) is 18.7 Å². The van der Waals surface area contributed by atoms with Gasteiger partial charge < -0.3 is 25.0 Å². The number of nitrogens with zero attached hydrogens (tertiary/aromatic N) is 5. The molecule has 11 nitrogen and oxygen atoms in total. The highest BCUT2D eigenvalue weighted by Gasteiger charge is 2.25. The molecule has 1 saturated heterocycles. The van der Waals surface area contributed by atoms with Crippen LogP contribution in [-0.4, -0.2) is 53.2 Å². The van der Waals surface area contributed by atoms with Crippen molar-refractivity contribution in [1.29, 1.82) is 5.26 Å². The molecule has 4 heterocycles. The van der Waals surface area contributed by atoms with E-state index in [1.165, 1.54) is 11.8 Å². The van der Waals surface area contributed by atoms with Crippen LogP contribution in [0, 0.1) is 11.3 Å². The normalized spacial score (nSPS) is 15.1. The number of H-pyrrole nitrogens is 1. The van der Waals surface area contributed by atoms with Crippen molar-refractivity contribution in [3.8, 4) is 11.8 Å². The van der Waals surface area contributed by atoms with E-state index in [1.54, 1.807) is 44.5 Å². The Morgan fingerprint density at radius 1 is 1.16 bits per heavy atom. The zero-order valence-corrected chi connectivity index (χ0v) is 21.3. The number of hydrogen-bond acceptors (Lipinski definition) is 9. The maximum absolute atomic E-state index is 12.8. The standard InChI is InChI=1S/C25H25ClN8O3/c1-33-25(35)22-17(28-16-6-4-5-15(26)23(16)37-3)11-21(31-24(22)32-33)30-20-8-7-19(18(12-27)29-20)34-10-9-14(13-34)36-2/h4-8,11,14H,9-10,13H2,1-3H3,(H3,28,29,30,31,32)/t14-/m0/s1. The first-order valence-corrected chi connectivity index (χ1v) is 11.9. The van der Waals surface area contributed by atoms with Gasteiger partial charge in [0.15, 0.2) is 17.1 Å². The third-order valence-corrected chi connectivity index (χ3v) is 6.60. The SMILES string of the molecule is COc1c(Cl)cccc1Nc1cc(Nc2ccc(N3CC[C@H](OC)C3)c(C#N)n2)nc2[nH]n(C)c(=O)c12. The first-order valence-electron chi connectivity index (χ1n) is 11.6. The second-order valence-corrected chi connectivity index (χ2v) is 9.00. The summed E-state index contributed by atoms with van der Waals surface area (Å²) in [6, 6.07) is 12.8. The molecule has 4 aromatic rings. The van der Waals surface area contributed by atoms with Crippen molar-refractivity contribution in [3.63, 3.8) is 0 Å². The Hall–Kier alpha value is -4.27. The van der Waals surface area contributed by atoms with Gasteiger partial charge in [-0.1, -0.05) is 17.7 Å². The van der Waals surface area contributed by atoms with Crippen LogP contribution < -0.4 is 25.8 Å². The number of pyridine rings is 2. The molecule has 0 bridgehead atoms. The topological polar surface area (TPSA) is 133 Å². The predicted molar refractivity (Wildman–Crippen MR) is 142 cm³/mol. The molecule has 0 spiro atoms. The summed E-state index contributed by atoms with van der Waals surface area (Å²) in [6.45, 7) is 1.50. The molecule has 0 unspecified atom stereocenters. The van der Waals surface area contributed by atoms with Gasteiger partial charge in [-0.2, -0.15) is 5.26 Å². The number of anilines is 5. The van der Waals surface area contributed by atoms with Gasteiger partial charge in [0.1, 0.15) is 23.1 Å². The van der Waals surface area contributed by atoms with Gasteiger partial charge in [0, 0.05) is 33.3 Å². The lowest BCUT2D eigenvalue weighted by Gasteiger charge is -2.19. The summed E-state index contributed by atoms with van der Waals surface area (Å²) in [5, 5.41) is 19.9. The maximum Gasteiger partial charge on any atom is 0.277 e. The highest BCUT2D eigenvalue weighted by atomic mass is 35.5. The van der Waals surface area contributed by atoms with E-state index in [0.29, 0.717) is 57.1 Å². The molecule has 1 aliphatic heterocycles. The van der Waals surface area contributed by atoms with E-state index in [9.17, 15) is 10.1 Å². The molecule has 0 aliphatic carbocycles. The summed E-state index contributed by atoms with van der Waals surface area (Å²) in [7, 11) is 4.84. The molecule has 3 N–H and O–H groups in total. The van der Waals surface area contributed by atoms with Gasteiger partial charge in [0.05, 0.1) is 35.3 Å². The number of aromatic nitrogens is 4. The number of aryl methyl sites for hydroxylation is 1. The average Bonchev–Trinajstić information content (AvgIpc) is 3.48. The monoisotopic (exact) mass is 520 g/mol. The van der Waals surface area contributed by atoms with Crippen LogP contribution in [0.1, 0.15) is 12.1 Å². The molecule has 3 aromatic heterocycles. The third-order valence-electron chi connectivity index (χ3n) is 6.31. The minimum Gasteiger partial charge on any atom is -0.493 e. The molecule has 1 aromatic carbocycles. The largest absolute Gasteiger partial charge is 0.493 e. The smallest absolute Gasteiger partial charge is 0.277 e. The van der Waals surface area contributed by atoms with Crippen molar-refractivity contribution in [2.75, 3.05) is 42.8 Å². The van der Waals surface area contributed by atoms with Gasteiger partial charge in [0.25, 0.3) is 5.56 Å². The molecule has 1 aliphatic rings. The Morgan fingerprint density at radius 2 is 2.00 bits per heavy atom. The van der Waals surface area contributed by atoms with E-state index in [4.69, 9.17) is 21.1 Å². The lowest BCUT2D eigenvalue weighted by molar-refractivity contribution is 0.121. The van der Waals surface area contributed by atoms with Crippen molar-refractivity contribution < 1.29 is 9.47 Å². The van der Waals surface area contributed by atoms with Crippen LogP contribution in [0.3, 0.4) is 0 Å². The zero-order valence-electron chi connectivity index (χ0n) is 20.5. The number of nitrogens with one attached hydrogen (secondary N) is 3. The summed E-state index contributed by atoms with van der Waals surface area (Å²) in [5.41, 5.74) is 2.28. The molecule has 0 amide bonds. The fourth-order valence-corrected chi connectivity index (χ4v) is 4.72. The Labute approximate surface area is 217 Å². The Bertz CT molecular complexity index is 1570. The summed E-state index contributed by atoms with van der Waals surface area (Å²) in [5.74, 6) is 1.31. The van der Waals surface area contributed by atoms with Crippen molar-refractivity contribution in [1.82, 2.24) is 19.7 Å². The summed E-state index contributed by atoms with van der Waals surface area (Å²) < 4.78 is 12.2. The van der Waals surface area contributed by atoms with Crippen LogP contribution in [0.15, 0.2) is 41.2 Å². The average molecular weight is 521 g/mol. The number of benzene rings is 1. The van der Waals surface area contributed by atoms with Crippen LogP contribution in [0.25, 0.3) is 11.0 Å². The Balaban J connectivity index is 1.51. The predicted octanol–water partition coefficient (Wildman–Crippen LogP) is 3.90. The molecule has 0 radical (unpaired) electrons. The van der Waals surface area contributed by atoms with Crippen LogP contribution >= 0.6 is 11.6 Å². The highest BCUT2D eigenvalue weighted by molar-refractivity contribution is 6.32. The van der Waals surface area contributed by atoms with E-state index in [-0.39, 0.29) is 11.7 Å². The number of para-hydroxylation sites is 1. The fraction of sp³-hybridized carbons (Fsp3) is 0.280. The summed E-state index contributed by atoms with van der Waals surface area (Å²) in [6.07, 6.45) is 1.03. The number of nitriles is 1. The molecule has 1 atom stereocenters. The third kappa shape index (κ3) is 4.64. The summed E-state index contributed by atoms with van der Waals surface area (Å²) >= 11 is 6.29. The molecular formula is C25H25ClN8O3. The van der Waals surface area contributed by atoms with Gasteiger partial charge in [-0.3, -0.25) is 14.6 Å². The van der Waals surface area contributed by atoms with Gasteiger partial charge in [-0.05, 0) is 30.7 Å². The van der Waals surface area contributed by atoms with Gasteiger partial charge in [-0.25, -0.2) is 9.97 Å². The first kappa shape index (κ1) is 24.4. The van der Waals surface area contributed by atoms with Gasteiger partial charge in [-0.15, -0.1) is 0 Å². The minimum atomic E-state index is -0.244. The molecule has 0 saturated carbocycles. The van der Waals surface area contributed by atoms with Crippen molar-refractivity contribution in [3.05, 3.63) is 57.5 Å². The van der Waals surface area contributed by atoms with Crippen LogP contribution in [0.5, 0.6) is 5.75 Å². The fourth-order valence-electron chi connectivity index (χ4n) is 4.47. The van der Waals surface area contributed by atoms with Crippen molar-refractivity contribution in [2.24, 2.45) is 7.05 Å². The van der Waals surface area contributed by atoms with Gasteiger partial charge >= 0.3 is 0 Å². The van der Waals surface area contributed by atoms with E-state index in [2.05, 4.69) is 36.7 Å². The summed E-state index contributed by atoms with van der Waals surface area (Å²) in [4.78, 5) is 24.0. The number of methoxy groups -OCH3 is 2. The number of hydrogen-bond donors (Lipinski definition) is 3. The van der Waals surface area contributed by atoms with E-state index >= 15 is 0 Å². The van der Waals surface area contributed by atoms with Crippen molar-refractivity contribution >= 4 is 51.3 Å². The zero-order chi connectivity index (χ0) is 26.1. The van der Waals surface area contributed by atoms with E-state index < -0.39 is 0 Å². The second-order valence-electron chi connectivity index (χ2n) is 8.59. The first-order chi connectivity index (χ1) is 17.9. The number of halogens is 1. The minimum absolute atomic E-state index is 0.136. The number of aromatic amines is 1. The van der Waals surface area contributed by atoms with Crippen molar-refractivity contribution in [2.45, 2.75) is 12.5 Å². The second kappa shape index (κ2) is 10.0. The number of fused-ring (bicyclic) bond motifs is 1. The molecule has 5 rings (SSSR count). The number of rotatable bonds is 7. The quantitative estimate of drug-likeness (QED) is 0.331. The molecule has 12 heteroatoms. The van der Waals surface area contributed by atoms with Crippen LogP contribution in [-0.2, 0) is 11.8 Å². The molecular weight excluding hydrogens is 496 g/mol. The molecule has 37 heavy (non-hydrogen) atoms. The maximum atomic E-state index is 12.8.